The number of hydrogen-bond donors (Lipinski definition) is 3. The maximum absolute atomic E-state index is 12.3. The first-order chi connectivity index (χ1) is 11.6. The number of ether oxygens (including phenoxy) is 1. The number of aromatic nitrogens is 1. The standard InChI is InChI=1S/C15H18F3N5O2/c1-9-5-20-7-14(19,23-9)13(24)22-10(2)11-3-4-12(21-6-11)25-8-15(16,17)18/h3-7,10,23H,8,19H2,1-2H3,(H,22,24). The van der Waals surface area contributed by atoms with Crippen LogP contribution in [0.2, 0.25) is 0 Å². The summed E-state index contributed by atoms with van der Waals surface area (Å²) in [5.41, 5.74) is 5.71. The second-order valence-corrected chi connectivity index (χ2v) is 5.61. The first kappa shape index (κ1) is 18.7. The Morgan fingerprint density at radius 2 is 2.20 bits per heavy atom. The number of carbonyl (C=O) groups excluding carboxylic acids is 1. The van der Waals surface area contributed by atoms with Gasteiger partial charge >= 0.3 is 6.18 Å². The van der Waals surface area contributed by atoms with Crippen LogP contribution in [0.4, 0.5) is 13.2 Å². The van der Waals surface area contributed by atoms with Crippen molar-refractivity contribution in [1.29, 1.82) is 0 Å². The van der Waals surface area contributed by atoms with Crippen LogP contribution in [0, 0.1) is 0 Å². The number of amides is 1. The number of nitrogens with two attached hydrogens (primary N) is 1. The van der Waals surface area contributed by atoms with Gasteiger partial charge in [-0.3, -0.25) is 15.5 Å². The third-order valence-corrected chi connectivity index (χ3v) is 3.32. The molecule has 0 aliphatic carbocycles. The van der Waals surface area contributed by atoms with Crippen LogP contribution in [0.25, 0.3) is 0 Å². The van der Waals surface area contributed by atoms with Crippen molar-refractivity contribution >= 4 is 12.1 Å². The van der Waals surface area contributed by atoms with E-state index >= 15 is 0 Å². The lowest BCUT2D eigenvalue weighted by molar-refractivity contribution is -0.154. The molecule has 0 saturated carbocycles. The van der Waals surface area contributed by atoms with E-state index in [4.69, 9.17) is 5.73 Å². The van der Waals surface area contributed by atoms with Gasteiger partial charge in [0, 0.05) is 24.2 Å². The van der Waals surface area contributed by atoms with Gasteiger partial charge in [-0.15, -0.1) is 0 Å². The number of alkyl halides is 3. The Bertz CT molecular complexity index is 687. The van der Waals surface area contributed by atoms with Crippen LogP contribution in [0.3, 0.4) is 0 Å². The zero-order valence-electron chi connectivity index (χ0n) is 13.6. The Hall–Kier alpha value is -2.62. The third kappa shape index (κ3) is 5.18. The van der Waals surface area contributed by atoms with Crippen LogP contribution < -0.4 is 21.1 Å². The fourth-order valence-corrected chi connectivity index (χ4v) is 2.06. The summed E-state index contributed by atoms with van der Waals surface area (Å²) < 4.78 is 40.8. The van der Waals surface area contributed by atoms with E-state index in [0.29, 0.717) is 11.3 Å². The molecule has 7 nitrogen and oxygen atoms in total. The molecule has 0 bridgehead atoms. The summed E-state index contributed by atoms with van der Waals surface area (Å²) in [5.74, 6) is -0.662. The summed E-state index contributed by atoms with van der Waals surface area (Å²) in [6, 6.07) is 2.34. The first-order valence-corrected chi connectivity index (χ1v) is 7.34. The van der Waals surface area contributed by atoms with E-state index in [0.717, 1.165) is 0 Å². The number of hydrogen-bond acceptors (Lipinski definition) is 6. The molecule has 0 saturated heterocycles. The molecule has 25 heavy (non-hydrogen) atoms. The van der Waals surface area contributed by atoms with E-state index in [1.165, 1.54) is 30.7 Å². The molecule has 4 N–H and O–H groups in total. The highest BCUT2D eigenvalue weighted by molar-refractivity contribution is 6.03. The molecule has 2 heterocycles. The van der Waals surface area contributed by atoms with Gasteiger partial charge in [-0.25, -0.2) is 4.98 Å². The SMILES string of the molecule is CC1=CN=CC(N)(C(=O)NC(C)c2ccc(OCC(F)(F)F)nc2)N1. The summed E-state index contributed by atoms with van der Waals surface area (Å²) in [6.07, 6.45) is -0.286. The van der Waals surface area contributed by atoms with Crippen molar-refractivity contribution in [2.45, 2.75) is 31.7 Å². The Labute approximate surface area is 142 Å². The molecule has 2 unspecified atom stereocenters. The van der Waals surface area contributed by atoms with Gasteiger partial charge in [0.2, 0.25) is 11.5 Å². The highest BCUT2D eigenvalue weighted by Crippen LogP contribution is 2.19. The molecule has 1 aliphatic heterocycles. The molecule has 1 aliphatic rings. The fraction of sp³-hybridized carbons (Fsp3) is 0.400. The zero-order valence-corrected chi connectivity index (χ0v) is 13.6. The van der Waals surface area contributed by atoms with Crippen LogP contribution in [-0.4, -0.2) is 35.6 Å². The number of nitrogens with zero attached hydrogens (tertiary/aromatic N) is 2. The van der Waals surface area contributed by atoms with Crippen LogP contribution in [0.1, 0.15) is 25.5 Å². The average Bonchev–Trinajstić information content (AvgIpc) is 2.52. The lowest BCUT2D eigenvalue weighted by Gasteiger charge is -2.30. The minimum absolute atomic E-state index is 0.156. The maximum atomic E-state index is 12.3. The van der Waals surface area contributed by atoms with Gasteiger partial charge in [-0.05, 0) is 19.4 Å². The molecule has 0 aromatic carbocycles. The van der Waals surface area contributed by atoms with Crippen molar-refractivity contribution in [2.24, 2.45) is 10.7 Å². The molecular weight excluding hydrogens is 339 g/mol. The van der Waals surface area contributed by atoms with Gasteiger partial charge in [0.25, 0.3) is 5.91 Å². The molecule has 136 valence electrons. The molecule has 0 radical (unpaired) electrons. The molecule has 1 aromatic heterocycles. The van der Waals surface area contributed by atoms with E-state index in [1.807, 2.05) is 0 Å². The summed E-state index contributed by atoms with van der Waals surface area (Å²) in [5, 5.41) is 5.52. The van der Waals surface area contributed by atoms with Gasteiger partial charge < -0.3 is 15.4 Å². The van der Waals surface area contributed by atoms with Crippen molar-refractivity contribution < 1.29 is 22.7 Å². The van der Waals surface area contributed by atoms with Crippen LogP contribution in [0.15, 0.2) is 35.2 Å². The highest BCUT2D eigenvalue weighted by atomic mass is 19.4. The van der Waals surface area contributed by atoms with Crippen LogP contribution in [0.5, 0.6) is 5.88 Å². The molecule has 0 spiro atoms. The lowest BCUT2D eigenvalue weighted by Crippen LogP contribution is -2.65. The largest absolute Gasteiger partial charge is 0.468 e. The van der Waals surface area contributed by atoms with Gasteiger partial charge in [0.15, 0.2) is 6.61 Å². The van der Waals surface area contributed by atoms with Gasteiger partial charge in [-0.1, -0.05) is 6.07 Å². The smallest absolute Gasteiger partial charge is 0.422 e. The zero-order chi connectivity index (χ0) is 18.7. The molecule has 1 aromatic rings. The number of pyridine rings is 1. The predicted octanol–water partition coefficient (Wildman–Crippen LogP) is 1.39. The lowest BCUT2D eigenvalue weighted by atomic mass is 10.1. The van der Waals surface area contributed by atoms with Crippen molar-refractivity contribution in [1.82, 2.24) is 15.6 Å². The minimum Gasteiger partial charge on any atom is -0.468 e. The first-order valence-electron chi connectivity index (χ1n) is 7.34. The summed E-state index contributed by atoms with van der Waals surface area (Å²) in [7, 11) is 0. The minimum atomic E-state index is -4.43. The normalized spacial score (nSPS) is 21.1. The maximum Gasteiger partial charge on any atom is 0.422 e. The average molecular weight is 357 g/mol. The molecular formula is C15H18F3N5O2. The Kier molecular flexibility index (Phi) is 5.31. The second kappa shape index (κ2) is 7.09. The summed E-state index contributed by atoms with van der Waals surface area (Å²) in [4.78, 5) is 20.0. The Morgan fingerprint density at radius 1 is 1.48 bits per heavy atom. The van der Waals surface area contributed by atoms with Crippen molar-refractivity contribution in [3.63, 3.8) is 0 Å². The number of rotatable bonds is 5. The molecule has 1 amide bonds. The van der Waals surface area contributed by atoms with Crippen molar-refractivity contribution in [3.8, 4) is 5.88 Å². The van der Waals surface area contributed by atoms with Gasteiger partial charge in [-0.2, -0.15) is 13.2 Å². The topological polar surface area (TPSA) is 102 Å². The van der Waals surface area contributed by atoms with E-state index < -0.39 is 30.4 Å². The predicted molar refractivity (Wildman–Crippen MR) is 84.6 cm³/mol. The number of halogens is 3. The highest BCUT2D eigenvalue weighted by Gasteiger charge is 2.34. The molecule has 0 fully saturated rings. The Morgan fingerprint density at radius 3 is 2.76 bits per heavy atom. The van der Waals surface area contributed by atoms with Gasteiger partial charge in [0.05, 0.1) is 12.3 Å². The number of nitrogens with one attached hydrogen (secondary N) is 2. The fourth-order valence-electron chi connectivity index (χ4n) is 2.06. The van der Waals surface area contributed by atoms with Crippen LogP contribution in [-0.2, 0) is 4.79 Å². The van der Waals surface area contributed by atoms with Crippen LogP contribution >= 0.6 is 0 Å². The van der Waals surface area contributed by atoms with Crippen molar-refractivity contribution in [2.75, 3.05) is 6.61 Å². The second-order valence-electron chi connectivity index (χ2n) is 5.61. The van der Waals surface area contributed by atoms with Gasteiger partial charge in [0.1, 0.15) is 0 Å². The monoisotopic (exact) mass is 357 g/mol. The summed E-state index contributed by atoms with van der Waals surface area (Å²) in [6.45, 7) is 1.99. The Balaban J connectivity index is 1.96. The van der Waals surface area contributed by atoms with E-state index in [-0.39, 0.29) is 5.88 Å². The number of allylic oxidation sites excluding steroid dienone is 1. The van der Waals surface area contributed by atoms with E-state index in [2.05, 4.69) is 25.3 Å². The number of carbonyl (C=O) groups is 1. The van der Waals surface area contributed by atoms with E-state index in [1.54, 1.807) is 13.8 Å². The van der Waals surface area contributed by atoms with Crippen molar-refractivity contribution in [3.05, 3.63) is 35.8 Å². The molecule has 2 atom stereocenters. The molecule has 10 heteroatoms. The summed E-state index contributed by atoms with van der Waals surface area (Å²) >= 11 is 0. The number of aliphatic imine (C=N–C) groups is 1. The quantitative estimate of drug-likeness (QED) is 0.739. The van der Waals surface area contributed by atoms with E-state index in [9.17, 15) is 18.0 Å². The third-order valence-electron chi connectivity index (χ3n) is 3.32. The molecule has 2 rings (SSSR count).